The van der Waals surface area contributed by atoms with Crippen LogP contribution in [0.5, 0.6) is 0 Å². The van der Waals surface area contributed by atoms with Gasteiger partial charge in [-0.25, -0.2) is 4.98 Å². The molecule has 100 valence electrons. The third-order valence-electron chi connectivity index (χ3n) is 3.08. The average Bonchev–Trinajstić information content (AvgIpc) is 2.44. The quantitative estimate of drug-likeness (QED) is 0.876. The van der Waals surface area contributed by atoms with Crippen LogP contribution in [0.2, 0.25) is 0 Å². The first-order valence-electron chi connectivity index (χ1n) is 6.71. The zero-order chi connectivity index (χ0) is 13.7. The van der Waals surface area contributed by atoms with E-state index in [9.17, 15) is 0 Å². The Morgan fingerprint density at radius 1 is 1.16 bits per heavy atom. The average molecular weight is 255 g/mol. The van der Waals surface area contributed by atoms with E-state index < -0.39 is 0 Å². The lowest BCUT2D eigenvalue weighted by Gasteiger charge is -2.20. The van der Waals surface area contributed by atoms with E-state index in [2.05, 4.69) is 66.4 Å². The van der Waals surface area contributed by atoms with Gasteiger partial charge < -0.3 is 10.2 Å². The van der Waals surface area contributed by atoms with Crippen LogP contribution in [0.3, 0.4) is 0 Å². The summed E-state index contributed by atoms with van der Waals surface area (Å²) in [5.41, 5.74) is 3.59. The number of anilines is 3. The molecule has 0 amide bonds. The third kappa shape index (κ3) is 3.47. The van der Waals surface area contributed by atoms with E-state index in [1.54, 1.807) is 0 Å². The first-order chi connectivity index (χ1) is 9.20. The van der Waals surface area contributed by atoms with Crippen LogP contribution >= 0.6 is 0 Å². The first kappa shape index (κ1) is 13.4. The van der Waals surface area contributed by atoms with Crippen molar-refractivity contribution < 1.29 is 0 Å². The van der Waals surface area contributed by atoms with E-state index in [1.165, 1.54) is 11.3 Å². The van der Waals surface area contributed by atoms with Gasteiger partial charge in [-0.2, -0.15) is 0 Å². The highest BCUT2D eigenvalue weighted by molar-refractivity contribution is 5.65. The summed E-state index contributed by atoms with van der Waals surface area (Å²) in [6, 6.07) is 12.6. The second kappa shape index (κ2) is 6.23. The summed E-state index contributed by atoms with van der Waals surface area (Å²) >= 11 is 0. The fourth-order valence-corrected chi connectivity index (χ4v) is 1.96. The van der Waals surface area contributed by atoms with Gasteiger partial charge >= 0.3 is 0 Å². The molecule has 3 heteroatoms. The van der Waals surface area contributed by atoms with Crippen molar-refractivity contribution in [3.8, 4) is 0 Å². The normalized spacial score (nSPS) is 10.3. The zero-order valence-electron chi connectivity index (χ0n) is 11.9. The van der Waals surface area contributed by atoms with Gasteiger partial charge in [-0.15, -0.1) is 0 Å². The molecule has 1 heterocycles. The highest BCUT2D eigenvalue weighted by atomic mass is 15.1. The molecule has 1 aromatic heterocycles. The molecule has 0 saturated carbocycles. The predicted octanol–water partition coefficient (Wildman–Crippen LogP) is 3.98. The Kier molecular flexibility index (Phi) is 4.39. The molecule has 0 saturated heterocycles. The molecule has 1 N–H and O–H groups in total. The lowest BCUT2D eigenvalue weighted by molar-refractivity contribution is 0.968. The second-order valence-corrected chi connectivity index (χ2v) is 4.72. The number of hydrogen-bond acceptors (Lipinski definition) is 3. The minimum atomic E-state index is 0.929. The van der Waals surface area contributed by atoms with E-state index >= 15 is 0 Å². The van der Waals surface area contributed by atoms with Gasteiger partial charge in [0.15, 0.2) is 0 Å². The molecular weight excluding hydrogens is 234 g/mol. The van der Waals surface area contributed by atoms with Gasteiger partial charge in [0.1, 0.15) is 5.82 Å². The number of benzene rings is 1. The Bertz CT molecular complexity index is 537. The molecule has 0 bridgehead atoms. The lowest BCUT2D eigenvalue weighted by Crippen LogP contribution is -2.10. The topological polar surface area (TPSA) is 28.2 Å². The van der Waals surface area contributed by atoms with Crippen molar-refractivity contribution in [1.82, 2.24) is 4.98 Å². The summed E-state index contributed by atoms with van der Waals surface area (Å²) < 4.78 is 0. The minimum absolute atomic E-state index is 0.929. The summed E-state index contributed by atoms with van der Waals surface area (Å²) in [5.74, 6) is 0.929. The summed E-state index contributed by atoms with van der Waals surface area (Å²) in [6.45, 7) is 5.21. The van der Waals surface area contributed by atoms with Crippen molar-refractivity contribution >= 4 is 17.2 Å². The lowest BCUT2D eigenvalue weighted by atomic mass is 10.2. The molecule has 0 aliphatic rings. The van der Waals surface area contributed by atoms with Crippen LogP contribution in [-0.4, -0.2) is 18.6 Å². The molecule has 1 aromatic carbocycles. The van der Waals surface area contributed by atoms with Crippen LogP contribution in [0, 0.1) is 6.92 Å². The van der Waals surface area contributed by atoms with Crippen LogP contribution in [0.1, 0.15) is 18.9 Å². The van der Waals surface area contributed by atoms with Gasteiger partial charge in [0, 0.05) is 37.2 Å². The monoisotopic (exact) mass is 255 g/mol. The van der Waals surface area contributed by atoms with E-state index in [0.29, 0.717) is 0 Å². The first-order valence-corrected chi connectivity index (χ1v) is 6.71. The fourth-order valence-electron chi connectivity index (χ4n) is 1.96. The predicted molar refractivity (Wildman–Crippen MR) is 82.3 cm³/mol. The smallest absolute Gasteiger partial charge is 0.127 e. The number of aromatic nitrogens is 1. The molecular formula is C16H21N3. The molecule has 2 aromatic rings. The van der Waals surface area contributed by atoms with Crippen LogP contribution in [0.4, 0.5) is 17.2 Å². The molecule has 19 heavy (non-hydrogen) atoms. The van der Waals surface area contributed by atoms with E-state index in [4.69, 9.17) is 0 Å². The van der Waals surface area contributed by atoms with Crippen molar-refractivity contribution in [2.75, 3.05) is 23.8 Å². The maximum Gasteiger partial charge on any atom is 0.127 e. The minimum Gasteiger partial charge on any atom is -0.370 e. The number of rotatable bonds is 5. The second-order valence-electron chi connectivity index (χ2n) is 4.72. The molecule has 0 aliphatic carbocycles. The molecule has 0 aliphatic heterocycles. The molecule has 0 spiro atoms. The molecule has 0 fully saturated rings. The van der Waals surface area contributed by atoms with Crippen LogP contribution in [0.25, 0.3) is 0 Å². The number of pyridine rings is 1. The van der Waals surface area contributed by atoms with Crippen molar-refractivity contribution in [3.05, 3.63) is 48.2 Å². The molecule has 0 radical (unpaired) electrons. The van der Waals surface area contributed by atoms with E-state index in [-0.39, 0.29) is 0 Å². The molecule has 0 unspecified atom stereocenters. The van der Waals surface area contributed by atoms with Crippen molar-refractivity contribution in [1.29, 1.82) is 0 Å². The fraction of sp³-hybridized carbons (Fsp3) is 0.312. The van der Waals surface area contributed by atoms with E-state index in [0.717, 1.165) is 24.5 Å². The maximum atomic E-state index is 4.33. The summed E-state index contributed by atoms with van der Waals surface area (Å²) in [6.07, 6.45) is 2.94. The van der Waals surface area contributed by atoms with Crippen molar-refractivity contribution in [2.45, 2.75) is 20.3 Å². The standard InChI is InChI=1S/C16H21N3/c1-4-9-17-16-12-15(8-10-18-16)19(3)14-7-5-6-13(2)11-14/h5-8,10-12H,4,9H2,1-3H3,(H,17,18). The van der Waals surface area contributed by atoms with E-state index in [1.807, 2.05) is 12.3 Å². The van der Waals surface area contributed by atoms with Gasteiger partial charge in [-0.3, -0.25) is 0 Å². The third-order valence-corrected chi connectivity index (χ3v) is 3.08. The largest absolute Gasteiger partial charge is 0.370 e. The van der Waals surface area contributed by atoms with Gasteiger partial charge in [0.05, 0.1) is 0 Å². The molecule has 0 atom stereocenters. The highest BCUT2D eigenvalue weighted by Gasteiger charge is 2.05. The number of aryl methyl sites for hydroxylation is 1. The maximum absolute atomic E-state index is 4.33. The van der Waals surface area contributed by atoms with Gasteiger partial charge in [-0.05, 0) is 37.1 Å². The summed E-state index contributed by atoms with van der Waals surface area (Å²) in [5, 5.41) is 3.31. The Labute approximate surface area is 115 Å². The molecule has 2 rings (SSSR count). The Morgan fingerprint density at radius 3 is 2.68 bits per heavy atom. The Balaban J connectivity index is 2.21. The Hall–Kier alpha value is -2.03. The summed E-state index contributed by atoms with van der Waals surface area (Å²) in [4.78, 5) is 6.51. The van der Waals surface area contributed by atoms with Crippen LogP contribution < -0.4 is 10.2 Å². The number of hydrogen-bond donors (Lipinski definition) is 1. The van der Waals surface area contributed by atoms with Crippen molar-refractivity contribution in [2.24, 2.45) is 0 Å². The number of nitrogens with zero attached hydrogens (tertiary/aromatic N) is 2. The van der Waals surface area contributed by atoms with Gasteiger partial charge in [-0.1, -0.05) is 19.1 Å². The zero-order valence-corrected chi connectivity index (χ0v) is 11.9. The SMILES string of the molecule is CCCNc1cc(N(C)c2cccc(C)c2)ccn1. The van der Waals surface area contributed by atoms with Gasteiger partial charge in [0.25, 0.3) is 0 Å². The van der Waals surface area contributed by atoms with Crippen LogP contribution in [-0.2, 0) is 0 Å². The van der Waals surface area contributed by atoms with Crippen molar-refractivity contribution in [3.63, 3.8) is 0 Å². The highest BCUT2D eigenvalue weighted by Crippen LogP contribution is 2.25. The Morgan fingerprint density at radius 2 is 1.95 bits per heavy atom. The van der Waals surface area contributed by atoms with Gasteiger partial charge in [0.2, 0.25) is 0 Å². The number of nitrogens with one attached hydrogen (secondary N) is 1. The molecule has 3 nitrogen and oxygen atoms in total. The summed E-state index contributed by atoms with van der Waals surface area (Å²) in [7, 11) is 2.08. The van der Waals surface area contributed by atoms with Crippen LogP contribution in [0.15, 0.2) is 42.6 Å².